The van der Waals surface area contributed by atoms with Crippen LogP contribution in [0.25, 0.3) is 0 Å². The van der Waals surface area contributed by atoms with Gasteiger partial charge in [-0.25, -0.2) is 0 Å². The fraction of sp³-hybridized carbons (Fsp3) is 0.844. The van der Waals surface area contributed by atoms with Gasteiger partial charge in [0.1, 0.15) is 13.2 Å². The zero-order chi connectivity index (χ0) is 37.3. The molecule has 298 valence electrons. The summed E-state index contributed by atoms with van der Waals surface area (Å²) < 4.78 is 16.6. The van der Waals surface area contributed by atoms with Crippen molar-refractivity contribution in [1.29, 1.82) is 0 Å². The maximum Gasteiger partial charge on any atom is 0.306 e. The molecule has 0 heterocycles. The minimum absolute atomic E-state index is 0.0727. The summed E-state index contributed by atoms with van der Waals surface area (Å²) in [5.41, 5.74) is 0. The summed E-state index contributed by atoms with van der Waals surface area (Å²) in [5, 5.41) is 0. The van der Waals surface area contributed by atoms with Crippen molar-refractivity contribution in [2.75, 3.05) is 13.2 Å². The molecule has 0 amide bonds. The SMILES string of the molecule is CCCC/C=C\C/C=C\CCCCCCCC(=O)OCC(COC(=O)CCCCCCCCCC)OC(=O)CCCCCCCCCCCCC. The Morgan fingerprint density at radius 3 is 1.14 bits per heavy atom. The van der Waals surface area contributed by atoms with E-state index in [-0.39, 0.29) is 31.1 Å². The smallest absolute Gasteiger partial charge is 0.306 e. The molecule has 0 aliphatic heterocycles. The topological polar surface area (TPSA) is 78.9 Å². The van der Waals surface area contributed by atoms with Crippen LogP contribution in [0.1, 0.15) is 226 Å². The van der Waals surface area contributed by atoms with Crippen molar-refractivity contribution in [2.45, 2.75) is 232 Å². The van der Waals surface area contributed by atoms with Gasteiger partial charge in [0.2, 0.25) is 0 Å². The Bertz CT molecular complexity index is 835. The van der Waals surface area contributed by atoms with Crippen molar-refractivity contribution in [3.8, 4) is 0 Å². The number of hydrogen-bond acceptors (Lipinski definition) is 6. The average Bonchev–Trinajstić information content (AvgIpc) is 3.12. The van der Waals surface area contributed by atoms with E-state index >= 15 is 0 Å². The number of hydrogen-bond donors (Lipinski definition) is 0. The summed E-state index contributed by atoms with van der Waals surface area (Å²) in [6, 6.07) is 0. The lowest BCUT2D eigenvalue weighted by molar-refractivity contribution is -0.167. The zero-order valence-corrected chi connectivity index (χ0v) is 33.9. The molecule has 0 aliphatic rings. The molecule has 0 aliphatic carbocycles. The molecule has 0 spiro atoms. The summed E-state index contributed by atoms with van der Waals surface area (Å²) >= 11 is 0. The average molecular weight is 719 g/mol. The number of allylic oxidation sites excluding steroid dienone is 4. The van der Waals surface area contributed by atoms with Crippen LogP contribution in [-0.2, 0) is 28.6 Å². The molecule has 0 aromatic rings. The molecule has 0 radical (unpaired) electrons. The van der Waals surface area contributed by atoms with Crippen LogP contribution in [0.2, 0.25) is 0 Å². The van der Waals surface area contributed by atoms with Gasteiger partial charge in [-0.1, -0.05) is 186 Å². The van der Waals surface area contributed by atoms with E-state index in [0.717, 1.165) is 77.0 Å². The van der Waals surface area contributed by atoms with Crippen molar-refractivity contribution in [3.63, 3.8) is 0 Å². The predicted molar refractivity (Wildman–Crippen MR) is 215 cm³/mol. The number of carbonyl (C=O) groups is 3. The summed E-state index contributed by atoms with van der Waals surface area (Å²) in [7, 11) is 0. The monoisotopic (exact) mass is 719 g/mol. The molecule has 0 saturated carbocycles. The molecule has 0 fully saturated rings. The van der Waals surface area contributed by atoms with Crippen LogP contribution in [0.4, 0.5) is 0 Å². The molecule has 0 aromatic heterocycles. The Hall–Kier alpha value is -2.11. The Morgan fingerprint density at radius 1 is 0.392 bits per heavy atom. The maximum absolute atomic E-state index is 12.7. The van der Waals surface area contributed by atoms with Crippen LogP contribution in [0.5, 0.6) is 0 Å². The van der Waals surface area contributed by atoms with Crippen LogP contribution < -0.4 is 0 Å². The lowest BCUT2D eigenvalue weighted by Crippen LogP contribution is -2.30. The van der Waals surface area contributed by atoms with Gasteiger partial charge in [-0.3, -0.25) is 14.4 Å². The largest absolute Gasteiger partial charge is 0.462 e. The van der Waals surface area contributed by atoms with E-state index in [0.29, 0.717) is 19.3 Å². The van der Waals surface area contributed by atoms with Gasteiger partial charge in [-0.15, -0.1) is 0 Å². The molecule has 1 atom stereocenters. The van der Waals surface area contributed by atoms with E-state index in [4.69, 9.17) is 14.2 Å². The van der Waals surface area contributed by atoms with E-state index in [1.54, 1.807) is 0 Å². The van der Waals surface area contributed by atoms with Crippen molar-refractivity contribution < 1.29 is 28.6 Å². The third-order valence-corrected chi connectivity index (χ3v) is 9.46. The second-order valence-electron chi connectivity index (χ2n) is 14.6. The molecular formula is C45H82O6. The molecule has 0 bridgehead atoms. The molecular weight excluding hydrogens is 636 g/mol. The van der Waals surface area contributed by atoms with Crippen molar-refractivity contribution in [2.24, 2.45) is 0 Å². The van der Waals surface area contributed by atoms with Crippen molar-refractivity contribution >= 4 is 17.9 Å². The fourth-order valence-corrected chi connectivity index (χ4v) is 6.10. The first kappa shape index (κ1) is 48.9. The zero-order valence-electron chi connectivity index (χ0n) is 33.9. The Balaban J connectivity index is 4.34. The van der Waals surface area contributed by atoms with Gasteiger partial charge in [0.25, 0.3) is 0 Å². The summed E-state index contributed by atoms with van der Waals surface area (Å²) in [5.74, 6) is -0.889. The van der Waals surface area contributed by atoms with Crippen LogP contribution in [0.15, 0.2) is 24.3 Å². The number of rotatable bonds is 39. The highest BCUT2D eigenvalue weighted by molar-refractivity contribution is 5.71. The lowest BCUT2D eigenvalue weighted by atomic mass is 10.1. The first-order chi connectivity index (χ1) is 25.0. The van der Waals surface area contributed by atoms with Gasteiger partial charge in [-0.05, 0) is 44.9 Å². The highest BCUT2D eigenvalue weighted by Crippen LogP contribution is 2.14. The molecule has 0 aromatic carbocycles. The van der Waals surface area contributed by atoms with Gasteiger partial charge in [0, 0.05) is 19.3 Å². The van der Waals surface area contributed by atoms with Crippen molar-refractivity contribution in [3.05, 3.63) is 24.3 Å². The predicted octanol–water partition coefficient (Wildman–Crippen LogP) is 13.6. The number of unbranched alkanes of at least 4 members (excludes halogenated alkanes) is 24. The summed E-state index contributed by atoms with van der Waals surface area (Å²) in [6.07, 6.45) is 43.0. The first-order valence-electron chi connectivity index (χ1n) is 21.8. The second-order valence-corrected chi connectivity index (χ2v) is 14.6. The standard InChI is InChI=1S/C45H82O6/c1-4-7-10-13-16-19-21-22-23-25-26-29-32-35-38-44(47)50-41-42(40-49-43(46)37-34-31-28-18-15-12-9-6-3)51-45(48)39-36-33-30-27-24-20-17-14-11-8-5-2/h13,16,21-22,42H,4-12,14-15,17-20,23-41H2,1-3H3/b16-13-,22-21-. The third kappa shape index (κ3) is 38.9. The fourth-order valence-electron chi connectivity index (χ4n) is 6.10. The minimum atomic E-state index is -0.767. The molecule has 0 rings (SSSR count). The van der Waals surface area contributed by atoms with Gasteiger partial charge < -0.3 is 14.2 Å². The van der Waals surface area contributed by atoms with Gasteiger partial charge in [0.15, 0.2) is 6.10 Å². The maximum atomic E-state index is 12.7. The Kier molecular flexibility index (Phi) is 39.0. The van der Waals surface area contributed by atoms with Crippen LogP contribution in [-0.4, -0.2) is 37.2 Å². The Morgan fingerprint density at radius 2 is 0.725 bits per heavy atom. The number of esters is 3. The van der Waals surface area contributed by atoms with Crippen LogP contribution in [0, 0.1) is 0 Å². The molecule has 1 unspecified atom stereocenters. The second kappa shape index (κ2) is 40.7. The number of carbonyl (C=O) groups excluding carboxylic acids is 3. The van der Waals surface area contributed by atoms with Gasteiger partial charge in [0.05, 0.1) is 0 Å². The molecule has 0 saturated heterocycles. The van der Waals surface area contributed by atoms with Gasteiger partial charge in [-0.2, -0.15) is 0 Å². The van der Waals surface area contributed by atoms with Crippen LogP contribution in [0.3, 0.4) is 0 Å². The van der Waals surface area contributed by atoms with Gasteiger partial charge >= 0.3 is 17.9 Å². The van der Waals surface area contributed by atoms with Crippen LogP contribution >= 0.6 is 0 Å². The highest BCUT2D eigenvalue weighted by Gasteiger charge is 2.19. The highest BCUT2D eigenvalue weighted by atomic mass is 16.6. The first-order valence-corrected chi connectivity index (χ1v) is 21.8. The van der Waals surface area contributed by atoms with E-state index in [1.165, 1.54) is 109 Å². The Labute approximate surface area is 315 Å². The van der Waals surface area contributed by atoms with E-state index < -0.39 is 6.10 Å². The normalized spacial score (nSPS) is 12.1. The third-order valence-electron chi connectivity index (χ3n) is 9.46. The summed E-state index contributed by atoms with van der Waals surface area (Å²) in [4.78, 5) is 37.5. The molecule has 0 N–H and O–H groups in total. The molecule has 6 heteroatoms. The van der Waals surface area contributed by atoms with Crippen molar-refractivity contribution in [1.82, 2.24) is 0 Å². The minimum Gasteiger partial charge on any atom is -0.462 e. The quantitative estimate of drug-likeness (QED) is 0.0272. The summed E-state index contributed by atoms with van der Waals surface area (Å²) in [6.45, 7) is 6.54. The van der Waals surface area contributed by atoms with E-state index in [9.17, 15) is 14.4 Å². The molecule has 51 heavy (non-hydrogen) atoms. The molecule has 6 nitrogen and oxygen atoms in total. The number of ether oxygens (including phenoxy) is 3. The lowest BCUT2D eigenvalue weighted by Gasteiger charge is -2.18. The van der Waals surface area contributed by atoms with E-state index in [1.807, 2.05) is 0 Å². The van der Waals surface area contributed by atoms with E-state index in [2.05, 4.69) is 45.1 Å².